The zero-order valence-corrected chi connectivity index (χ0v) is 22.7. The predicted molar refractivity (Wildman–Crippen MR) is 144 cm³/mol. The number of benzene rings is 2. The number of rotatable bonds is 7. The van der Waals surface area contributed by atoms with Gasteiger partial charge in [0.25, 0.3) is 5.91 Å². The molecule has 1 fully saturated rings. The van der Waals surface area contributed by atoms with Crippen molar-refractivity contribution < 1.29 is 27.9 Å². The highest BCUT2D eigenvalue weighted by Crippen LogP contribution is 2.39. The molecule has 3 aromatic rings. The summed E-state index contributed by atoms with van der Waals surface area (Å²) in [7, 11) is 0. The van der Waals surface area contributed by atoms with Crippen molar-refractivity contribution >= 4 is 11.8 Å². The molecule has 0 bridgehead atoms. The lowest BCUT2D eigenvalue weighted by molar-refractivity contribution is -0.141. The fraction of sp³-hybridized carbons (Fsp3) is 0.419. The van der Waals surface area contributed by atoms with Gasteiger partial charge in [-0.05, 0) is 72.4 Å². The van der Waals surface area contributed by atoms with E-state index < -0.39 is 11.5 Å². The minimum Gasteiger partial charge on any atom is -0.486 e. The van der Waals surface area contributed by atoms with Crippen LogP contribution < -0.4 is 10.1 Å². The first-order valence-electron chi connectivity index (χ1n) is 13.5. The fourth-order valence-electron chi connectivity index (χ4n) is 5.20. The monoisotopic (exact) mass is 534 g/mol. The van der Waals surface area contributed by atoms with E-state index in [0.717, 1.165) is 36.1 Å². The number of hydrogen-bond acceptors (Lipinski definition) is 5. The number of carbonyl (C=O) groups excluding carboxylic acids is 2. The second-order valence-electron chi connectivity index (χ2n) is 11.2. The minimum absolute atomic E-state index is 0.00891. The van der Waals surface area contributed by atoms with E-state index >= 15 is 0 Å². The number of fused-ring (bicyclic) bond motifs is 1. The summed E-state index contributed by atoms with van der Waals surface area (Å²) in [6.07, 6.45) is 2.72. The third-order valence-electron chi connectivity index (χ3n) is 7.19. The summed E-state index contributed by atoms with van der Waals surface area (Å²) < 4.78 is 31.6. The summed E-state index contributed by atoms with van der Waals surface area (Å²) in [5, 5.41) is 2.85. The maximum atomic E-state index is 14.3. The minimum atomic E-state index is -0.579. The molecule has 206 valence electrons. The van der Waals surface area contributed by atoms with Crippen LogP contribution in [-0.4, -0.2) is 42.5 Å². The lowest BCUT2D eigenvalue weighted by Gasteiger charge is -2.41. The molecule has 2 amide bonds. The number of halogens is 1. The van der Waals surface area contributed by atoms with Crippen molar-refractivity contribution in [2.45, 2.75) is 58.8 Å². The number of amides is 2. The number of nitrogens with one attached hydrogen (secondary N) is 1. The van der Waals surface area contributed by atoms with E-state index in [-0.39, 0.29) is 36.1 Å². The van der Waals surface area contributed by atoms with Crippen molar-refractivity contribution in [1.29, 1.82) is 0 Å². The van der Waals surface area contributed by atoms with E-state index in [1.165, 1.54) is 12.1 Å². The molecule has 39 heavy (non-hydrogen) atoms. The average molecular weight is 535 g/mol. The Morgan fingerprint density at radius 2 is 1.97 bits per heavy atom. The molecule has 8 heteroatoms. The molecule has 2 aromatic carbocycles. The standard InChI is InChI=1S/C31H35FN2O5/c1-31(2,3)30(36)34-14-13-20-9-10-23(17-26(20)28(34)21-6-4-7-22(32)16-21)38-19-25-11-12-27(39-25)29(35)33-18-24-8-5-15-37-24/h4,6-7,9-12,16-17,24,28H,5,8,13-15,18-19H2,1-3H3,(H,33,35)/t24-,28-/m1/s1. The van der Waals surface area contributed by atoms with Crippen LogP contribution in [0.1, 0.15) is 72.7 Å². The highest BCUT2D eigenvalue weighted by molar-refractivity contribution is 5.91. The van der Waals surface area contributed by atoms with E-state index in [4.69, 9.17) is 13.9 Å². The Kier molecular flexibility index (Phi) is 7.75. The smallest absolute Gasteiger partial charge is 0.287 e. The molecule has 2 aliphatic heterocycles. The zero-order chi connectivity index (χ0) is 27.6. The number of ether oxygens (including phenoxy) is 2. The highest BCUT2D eigenvalue weighted by atomic mass is 19.1. The van der Waals surface area contributed by atoms with E-state index in [2.05, 4.69) is 5.32 Å². The Bertz CT molecular complexity index is 1340. The van der Waals surface area contributed by atoms with E-state index in [0.29, 0.717) is 31.0 Å². The molecule has 0 spiro atoms. The average Bonchev–Trinajstić information content (AvgIpc) is 3.61. The molecule has 0 aliphatic carbocycles. The lowest BCUT2D eigenvalue weighted by atomic mass is 9.85. The van der Waals surface area contributed by atoms with Gasteiger partial charge < -0.3 is 24.1 Å². The molecule has 0 radical (unpaired) electrons. The molecule has 1 N–H and O–H groups in total. The number of furan rings is 1. The highest BCUT2D eigenvalue weighted by Gasteiger charge is 2.37. The van der Waals surface area contributed by atoms with Gasteiger partial charge in [0, 0.05) is 25.1 Å². The second kappa shape index (κ2) is 11.2. The lowest BCUT2D eigenvalue weighted by Crippen LogP contribution is -2.45. The first-order valence-corrected chi connectivity index (χ1v) is 13.5. The first-order chi connectivity index (χ1) is 18.7. The van der Waals surface area contributed by atoms with Gasteiger partial charge in [-0.3, -0.25) is 9.59 Å². The van der Waals surface area contributed by atoms with Crippen molar-refractivity contribution in [1.82, 2.24) is 10.2 Å². The second-order valence-corrected chi connectivity index (χ2v) is 11.2. The molecular formula is C31H35FN2O5. The van der Waals surface area contributed by atoms with Gasteiger partial charge in [0.2, 0.25) is 5.91 Å². The molecule has 3 heterocycles. The van der Waals surface area contributed by atoms with E-state index in [9.17, 15) is 14.0 Å². The maximum absolute atomic E-state index is 14.3. The van der Waals surface area contributed by atoms with Gasteiger partial charge in [-0.25, -0.2) is 4.39 Å². The Morgan fingerprint density at radius 1 is 1.13 bits per heavy atom. The summed E-state index contributed by atoms with van der Waals surface area (Å²) in [6.45, 7) is 7.57. The Balaban J connectivity index is 1.32. The van der Waals surface area contributed by atoms with Gasteiger partial charge in [0.05, 0.1) is 12.1 Å². The van der Waals surface area contributed by atoms with Crippen molar-refractivity contribution in [3.8, 4) is 5.75 Å². The number of nitrogens with zero attached hydrogens (tertiary/aromatic N) is 1. The molecule has 7 nitrogen and oxygen atoms in total. The van der Waals surface area contributed by atoms with Crippen LogP contribution in [0.5, 0.6) is 5.75 Å². The SMILES string of the molecule is CC(C)(C)C(=O)N1CCc2ccc(OCc3ccc(C(=O)NC[C@H]4CCCO4)o3)cc2[C@H]1c1cccc(F)c1. The Morgan fingerprint density at radius 3 is 2.72 bits per heavy atom. The van der Waals surface area contributed by atoms with Gasteiger partial charge in [-0.15, -0.1) is 0 Å². The molecule has 1 saturated heterocycles. The summed E-state index contributed by atoms with van der Waals surface area (Å²) in [4.78, 5) is 27.7. The van der Waals surface area contributed by atoms with Crippen molar-refractivity contribution in [3.05, 3.63) is 88.6 Å². The zero-order valence-electron chi connectivity index (χ0n) is 22.7. The quantitative estimate of drug-likeness (QED) is 0.437. The topological polar surface area (TPSA) is 81.0 Å². The van der Waals surface area contributed by atoms with Gasteiger partial charge in [-0.1, -0.05) is 39.0 Å². The van der Waals surface area contributed by atoms with Crippen LogP contribution in [0, 0.1) is 11.2 Å². The molecule has 2 atom stereocenters. The van der Waals surface area contributed by atoms with Crippen LogP contribution in [0.4, 0.5) is 4.39 Å². The summed E-state index contributed by atoms with van der Waals surface area (Å²) >= 11 is 0. The molecule has 0 saturated carbocycles. The molecule has 5 rings (SSSR count). The van der Waals surface area contributed by atoms with Gasteiger partial charge in [0.1, 0.15) is 23.9 Å². The normalized spacial score (nSPS) is 19.0. The van der Waals surface area contributed by atoms with Crippen LogP contribution in [0.15, 0.2) is 59.0 Å². The fourth-order valence-corrected chi connectivity index (χ4v) is 5.20. The molecule has 2 aliphatic rings. The van der Waals surface area contributed by atoms with Crippen LogP contribution in [-0.2, 0) is 22.6 Å². The Labute approximate surface area is 228 Å². The molecule has 1 aromatic heterocycles. The van der Waals surface area contributed by atoms with Crippen molar-refractivity contribution in [2.75, 3.05) is 19.7 Å². The van der Waals surface area contributed by atoms with Crippen molar-refractivity contribution in [3.63, 3.8) is 0 Å². The predicted octanol–water partition coefficient (Wildman–Crippen LogP) is 5.43. The van der Waals surface area contributed by atoms with Crippen molar-refractivity contribution in [2.24, 2.45) is 5.41 Å². The first kappa shape index (κ1) is 26.9. The van der Waals surface area contributed by atoms with Crippen LogP contribution in [0.25, 0.3) is 0 Å². The van der Waals surface area contributed by atoms with Gasteiger partial charge in [-0.2, -0.15) is 0 Å². The molecule has 0 unspecified atom stereocenters. The van der Waals surface area contributed by atoms with Gasteiger partial charge >= 0.3 is 0 Å². The summed E-state index contributed by atoms with van der Waals surface area (Å²) in [5.74, 6) is 0.715. The number of carbonyl (C=O) groups is 2. The Hall–Kier alpha value is -3.65. The largest absolute Gasteiger partial charge is 0.486 e. The molecular weight excluding hydrogens is 499 g/mol. The van der Waals surface area contributed by atoms with Crippen LogP contribution in [0.2, 0.25) is 0 Å². The number of hydrogen-bond donors (Lipinski definition) is 1. The van der Waals surface area contributed by atoms with Crippen LogP contribution in [0.3, 0.4) is 0 Å². The summed E-state index contributed by atoms with van der Waals surface area (Å²) in [5.41, 5.74) is 2.15. The maximum Gasteiger partial charge on any atom is 0.287 e. The summed E-state index contributed by atoms with van der Waals surface area (Å²) in [6, 6.07) is 15.2. The third-order valence-corrected chi connectivity index (χ3v) is 7.19. The van der Waals surface area contributed by atoms with E-state index in [1.807, 2.05) is 49.9 Å². The third kappa shape index (κ3) is 6.17. The van der Waals surface area contributed by atoms with Crippen LogP contribution >= 0.6 is 0 Å². The van der Waals surface area contributed by atoms with Gasteiger partial charge in [0.15, 0.2) is 5.76 Å². The van der Waals surface area contributed by atoms with E-state index in [1.54, 1.807) is 18.2 Å².